The van der Waals surface area contributed by atoms with E-state index in [0.29, 0.717) is 6.54 Å². The van der Waals surface area contributed by atoms with Gasteiger partial charge in [-0.05, 0) is 49.1 Å². The zero-order chi connectivity index (χ0) is 14.6. The molecule has 4 nitrogen and oxygen atoms in total. The molecule has 4 heteroatoms. The van der Waals surface area contributed by atoms with Crippen LogP contribution in [-0.4, -0.2) is 36.7 Å². The number of carbonyl (C=O) groups is 1. The fourth-order valence-corrected chi connectivity index (χ4v) is 2.17. The van der Waals surface area contributed by atoms with Crippen LogP contribution < -0.4 is 4.74 Å². The minimum atomic E-state index is -0.108. The zero-order valence-electron chi connectivity index (χ0n) is 12.4. The molecular formula is C15H23NO3. The first-order valence-corrected chi connectivity index (χ1v) is 6.40. The van der Waals surface area contributed by atoms with Crippen molar-refractivity contribution in [2.45, 2.75) is 33.7 Å². The first-order chi connectivity index (χ1) is 8.92. The molecule has 0 spiro atoms. The molecule has 1 N–H and O–H groups in total. The summed E-state index contributed by atoms with van der Waals surface area (Å²) in [6.45, 7) is 6.54. The topological polar surface area (TPSA) is 49.8 Å². The summed E-state index contributed by atoms with van der Waals surface area (Å²) >= 11 is 0. The van der Waals surface area contributed by atoms with E-state index in [0.717, 1.165) is 28.0 Å². The lowest BCUT2D eigenvalue weighted by atomic mass is 9.97. The van der Waals surface area contributed by atoms with E-state index in [1.807, 2.05) is 26.8 Å². The lowest BCUT2D eigenvalue weighted by Crippen LogP contribution is -2.27. The molecule has 0 aromatic heterocycles. The maximum Gasteiger partial charge on any atom is 0.224 e. The second kappa shape index (κ2) is 6.57. The highest BCUT2D eigenvalue weighted by Crippen LogP contribution is 2.28. The van der Waals surface area contributed by atoms with Gasteiger partial charge in [0.25, 0.3) is 0 Å². The summed E-state index contributed by atoms with van der Waals surface area (Å²) in [5, 5.41) is 8.81. The van der Waals surface area contributed by atoms with E-state index in [9.17, 15) is 4.79 Å². The van der Waals surface area contributed by atoms with Crippen LogP contribution in [0.4, 0.5) is 0 Å². The van der Waals surface area contributed by atoms with Crippen molar-refractivity contribution in [1.82, 2.24) is 4.90 Å². The van der Waals surface area contributed by atoms with E-state index in [2.05, 4.69) is 0 Å². The van der Waals surface area contributed by atoms with Crippen LogP contribution in [0.2, 0.25) is 0 Å². The first-order valence-electron chi connectivity index (χ1n) is 6.40. The van der Waals surface area contributed by atoms with Crippen molar-refractivity contribution in [1.29, 1.82) is 0 Å². The highest BCUT2D eigenvalue weighted by Gasteiger charge is 2.15. The molecule has 0 bridgehead atoms. The quantitative estimate of drug-likeness (QED) is 0.885. The summed E-state index contributed by atoms with van der Waals surface area (Å²) in [5.41, 5.74) is 4.52. The summed E-state index contributed by atoms with van der Waals surface area (Å²) in [6, 6.07) is 2.00. The number of rotatable bonds is 5. The monoisotopic (exact) mass is 265 g/mol. The van der Waals surface area contributed by atoms with Crippen LogP contribution in [0.3, 0.4) is 0 Å². The Morgan fingerprint density at radius 1 is 1.32 bits per heavy atom. The van der Waals surface area contributed by atoms with Gasteiger partial charge in [0.2, 0.25) is 5.91 Å². The van der Waals surface area contributed by atoms with Crippen LogP contribution in [0, 0.1) is 20.8 Å². The Hall–Kier alpha value is -1.55. The van der Waals surface area contributed by atoms with Gasteiger partial charge in [-0.1, -0.05) is 0 Å². The van der Waals surface area contributed by atoms with Gasteiger partial charge < -0.3 is 14.7 Å². The first kappa shape index (κ1) is 15.5. The summed E-state index contributed by atoms with van der Waals surface area (Å²) in [5.74, 6) is 0.831. The van der Waals surface area contributed by atoms with Gasteiger partial charge in [0, 0.05) is 20.0 Å². The largest absolute Gasteiger partial charge is 0.496 e. The van der Waals surface area contributed by atoms with E-state index >= 15 is 0 Å². The van der Waals surface area contributed by atoms with E-state index in [1.165, 1.54) is 0 Å². The number of hydrogen-bond donors (Lipinski definition) is 1. The van der Waals surface area contributed by atoms with Crippen molar-refractivity contribution in [3.63, 3.8) is 0 Å². The van der Waals surface area contributed by atoms with Crippen LogP contribution in [0.25, 0.3) is 0 Å². The molecule has 106 valence electrons. The Morgan fingerprint density at radius 2 is 1.95 bits per heavy atom. The highest BCUT2D eigenvalue weighted by molar-refractivity contribution is 5.76. The summed E-state index contributed by atoms with van der Waals surface area (Å²) in [7, 11) is 3.42. The van der Waals surface area contributed by atoms with Crippen LogP contribution in [-0.2, 0) is 11.3 Å². The van der Waals surface area contributed by atoms with Crippen molar-refractivity contribution >= 4 is 5.91 Å². The summed E-state index contributed by atoms with van der Waals surface area (Å²) in [4.78, 5) is 13.4. The van der Waals surface area contributed by atoms with E-state index in [1.54, 1.807) is 19.1 Å². The van der Waals surface area contributed by atoms with Crippen molar-refractivity contribution in [2.75, 3.05) is 20.8 Å². The molecule has 0 heterocycles. The third-order valence-electron chi connectivity index (χ3n) is 3.57. The maximum absolute atomic E-state index is 11.7. The van der Waals surface area contributed by atoms with Gasteiger partial charge in [-0.2, -0.15) is 0 Å². The molecule has 19 heavy (non-hydrogen) atoms. The molecule has 1 aromatic rings. The number of methoxy groups -OCH3 is 1. The van der Waals surface area contributed by atoms with Crippen molar-refractivity contribution in [3.05, 3.63) is 28.3 Å². The summed E-state index contributed by atoms with van der Waals surface area (Å²) in [6.07, 6.45) is 0.170. The highest BCUT2D eigenvalue weighted by atomic mass is 16.5. The average molecular weight is 265 g/mol. The number of amides is 1. The number of hydrogen-bond acceptors (Lipinski definition) is 3. The van der Waals surface area contributed by atoms with Crippen LogP contribution in [0.15, 0.2) is 6.07 Å². The zero-order valence-corrected chi connectivity index (χ0v) is 12.4. The minimum Gasteiger partial charge on any atom is -0.496 e. The molecule has 0 fully saturated rings. The molecule has 0 radical (unpaired) electrons. The van der Waals surface area contributed by atoms with Crippen molar-refractivity contribution in [2.24, 2.45) is 0 Å². The Kier molecular flexibility index (Phi) is 5.36. The van der Waals surface area contributed by atoms with Gasteiger partial charge in [0.15, 0.2) is 0 Å². The smallest absolute Gasteiger partial charge is 0.224 e. The van der Waals surface area contributed by atoms with Crippen LogP contribution >= 0.6 is 0 Å². The fourth-order valence-electron chi connectivity index (χ4n) is 2.17. The molecule has 0 saturated heterocycles. The lowest BCUT2D eigenvalue weighted by molar-refractivity contribution is -0.131. The number of aryl methyl sites for hydroxylation is 1. The number of carbonyl (C=O) groups excluding carboxylic acids is 1. The molecule has 0 aliphatic heterocycles. The van der Waals surface area contributed by atoms with Gasteiger partial charge in [-0.25, -0.2) is 0 Å². The number of aliphatic hydroxyl groups is 1. The molecule has 1 rings (SSSR count). The van der Waals surface area contributed by atoms with Crippen molar-refractivity contribution in [3.8, 4) is 5.75 Å². The second-order valence-corrected chi connectivity index (χ2v) is 4.85. The van der Waals surface area contributed by atoms with Gasteiger partial charge in [0.05, 0.1) is 13.7 Å². The third-order valence-corrected chi connectivity index (χ3v) is 3.57. The minimum absolute atomic E-state index is 0.0465. The Morgan fingerprint density at radius 3 is 2.47 bits per heavy atom. The van der Waals surface area contributed by atoms with Gasteiger partial charge in [-0.15, -0.1) is 0 Å². The number of ether oxygens (including phenoxy) is 1. The van der Waals surface area contributed by atoms with Gasteiger partial charge in [-0.3, -0.25) is 4.79 Å². The van der Waals surface area contributed by atoms with Crippen molar-refractivity contribution < 1.29 is 14.6 Å². The Labute approximate surface area is 115 Å². The molecule has 1 amide bonds. The average Bonchev–Trinajstić information content (AvgIpc) is 2.38. The Bertz CT molecular complexity index is 469. The molecule has 1 aromatic carbocycles. The predicted octanol–water partition coefficient (Wildman–Crippen LogP) is 1.96. The standard InChI is InChI=1S/C15H23NO3/c1-10-8-14(19-5)12(3)11(2)13(10)9-16(4)15(18)6-7-17/h8,17H,6-7,9H2,1-5H3. The molecule has 0 saturated carbocycles. The number of nitrogens with zero attached hydrogens (tertiary/aromatic N) is 1. The molecule has 0 aliphatic rings. The number of aliphatic hydroxyl groups excluding tert-OH is 1. The van der Waals surface area contributed by atoms with E-state index < -0.39 is 0 Å². The van der Waals surface area contributed by atoms with Crippen LogP contribution in [0.1, 0.15) is 28.7 Å². The lowest BCUT2D eigenvalue weighted by Gasteiger charge is -2.22. The molecular weight excluding hydrogens is 242 g/mol. The molecule has 0 aliphatic carbocycles. The fraction of sp³-hybridized carbons (Fsp3) is 0.533. The molecule has 0 atom stereocenters. The summed E-state index contributed by atoms with van der Waals surface area (Å²) < 4.78 is 5.34. The second-order valence-electron chi connectivity index (χ2n) is 4.85. The predicted molar refractivity (Wildman–Crippen MR) is 75.4 cm³/mol. The maximum atomic E-state index is 11.7. The van der Waals surface area contributed by atoms with Gasteiger partial charge >= 0.3 is 0 Å². The number of benzene rings is 1. The van der Waals surface area contributed by atoms with E-state index in [-0.39, 0.29) is 18.9 Å². The third kappa shape index (κ3) is 3.47. The molecule has 0 unspecified atom stereocenters. The van der Waals surface area contributed by atoms with Crippen LogP contribution in [0.5, 0.6) is 5.75 Å². The van der Waals surface area contributed by atoms with Gasteiger partial charge in [0.1, 0.15) is 5.75 Å². The SMILES string of the molecule is COc1cc(C)c(CN(C)C(=O)CCO)c(C)c1C. The van der Waals surface area contributed by atoms with E-state index in [4.69, 9.17) is 9.84 Å². The Balaban J connectivity index is 3.02. The normalized spacial score (nSPS) is 10.4.